The van der Waals surface area contributed by atoms with Crippen molar-refractivity contribution in [2.75, 3.05) is 13.1 Å². The van der Waals surface area contributed by atoms with E-state index < -0.39 is 0 Å². The van der Waals surface area contributed by atoms with Crippen LogP contribution in [0.4, 0.5) is 0 Å². The zero-order chi connectivity index (χ0) is 29.8. The first kappa shape index (κ1) is 29.0. The van der Waals surface area contributed by atoms with Crippen molar-refractivity contribution < 1.29 is 14.7 Å². The number of piperazine rings is 1. The fourth-order valence-electron chi connectivity index (χ4n) is 11.1. The summed E-state index contributed by atoms with van der Waals surface area (Å²) < 4.78 is 0. The van der Waals surface area contributed by atoms with Crippen molar-refractivity contribution in [2.45, 2.75) is 119 Å². The Balaban J connectivity index is 1.41. The Morgan fingerprint density at radius 3 is 2.32 bits per heavy atom. The number of hydrogen-bond acceptors (Lipinski definition) is 4. The molecule has 3 saturated carbocycles. The molecule has 2 N–H and O–H groups in total. The first-order valence-corrected chi connectivity index (χ1v) is 16.3. The van der Waals surface area contributed by atoms with Crippen LogP contribution in [-0.4, -0.2) is 46.9 Å². The van der Waals surface area contributed by atoms with Crippen LogP contribution in [0.25, 0.3) is 0 Å². The molecule has 5 nitrogen and oxygen atoms in total. The first-order valence-electron chi connectivity index (χ1n) is 16.3. The van der Waals surface area contributed by atoms with Crippen molar-refractivity contribution in [3.8, 4) is 0 Å². The number of carbonyl (C=O) groups is 2. The van der Waals surface area contributed by atoms with E-state index in [1.165, 1.54) is 12.0 Å². The number of ketones is 1. The van der Waals surface area contributed by atoms with Crippen molar-refractivity contribution in [3.05, 3.63) is 46.3 Å². The Hall–Kier alpha value is -2.14. The SMILES string of the molecule is CC[C@@]12CC[C@@]3(C)C4=CC(=O)C(O)=C(C)C4=CC=C3[C@@]1(C)CC[C@@]1(C)CC[C@@](C)(C(=O)N3CC(C)NC(C)C3)C[C@H]12. The summed E-state index contributed by atoms with van der Waals surface area (Å²) in [7, 11) is 0. The Bertz CT molecular complexity index is 1310. The molecule has 1 aliphatic heterocycles. The van der Waals surface area contributed by atoms with Gasteiger partial charge in [0.05, 0.1) is 0 Å². The Kier molecular flexibility index (Phi) is 6.48. The molecule has 6 rings (SSSR count). The molecule has 4 fully saturated rings. The Morgan fingerprint density at radius 2 is 1.66 bits per heavy atom. The molecule has 5 heteroatoms. The van der Waals surface area contributed by atoms with E-state index in [1.54, 1.807) is 6.08 Å². The molecule has 8 atom stereocenters. The van der Waals surface area contributed by atoms with Gasteiger partial charge in [-0.15, -0.1) is 0 Å². The van der Waals surface area contributed by atoms with Crippen LogP contribution >= 0.6 is 0 Å². The molecular weight excluding hydrogens is 508 g/mol. The molecular formula is C36H52N2O3. The molecule has 6 aliphatic rings. The van der Waals surface area contributed by atoms with Crippen molar-refractivity contribution in [3.63, 3.8) is 0 Å². The normalized spacial score (nSPS) is 46.0. The standard InChI is InChI=1S/C36H52N2O3/c1-9-36-17-15-34(7)26-18-27(39)30(40)24(4)25(26)10-11-28(34)35(36,8)16-14-32(5)12-13-33(6,19-29(32)36)31(41)38-20-22(2)37-23(3)21-38/h10-11,18,22-23,29,37,40H,9,12-17,19-21H2,1-8H3/t22?,23?,29-,32-,33-,34+,35-,36+/m1/s1. The van der Waals surface area contributed by atoms with E-state index in [9.17, 15) is 14.7 Å². The molecule has 0 spiro atoms. The third-order valence-corrected chi connectivity index (χ3v) is 13.5. The highest BCUT2D eigenvalue weighted by Gasteiger charge is 2.68. The minimum Gasteiger partial charge on any atom is -0.504 e. The summed E-state index contributed by atoms with van der Waals surface area (Å²) in [6, 6.07) is 0.655. The molecule has 41 heavy (non-hydrogen) atoms. The van der Waals surface area contributed by atoms with Gasteiger partial charge in [-0.1, -0.05) is 52.3 Å². The van der Waals surface area contributed by atoms with Crippen LogP contribution in [-0.2, 0) is 9.59 Å². The summed E-state index contributed by atoms with van der Waals surface area (Å²) in [6.07, 6.45) is 14.9. The molecule has 0 bridgehead atoms. The van der Waals surface area contributed by atoms with Crippen LogP contribution in [0.15, 0.2) is 46.3 Å². The predicted octanol–water partition coefficient (Wildman–Crippen LogP) is 7.21. The van der Waals surface area contributed by atoms with Crippen molar-refractivity contribution in [2.24, 2.45) is 33.0 Å². The molecule has 0 aromatic carbocycles. The molecule has 0 radical (unpaired) electrons. The van der Waals surface area contributed by atoms with Crippen molar-refractivity contribution in [1.82, 2.24) is 10.2 Å². The van der Waals surface area contributed by atoms with E-state index >= 15 is 0 Å². The zero-order valence-electron chi connectivity index (χ0n) is 26.7. The second-order valence-electron chi connectivity index (χ2n) is 15.9. The maximum atomic E-state index is 14.3. The number of nitrogens with zero attached hydrogens (tertiary/aromatic N) is 1. The maximum absolute atomic E-state index is 14.3. The van der Waals surface area contributed by atoms with Crippen LogP contribution in [0.2, 0.25) is 0 Å². The van der Waals surface area contributed by atoms with Crippen LogP contribution in [0.5, 0.6) is 0 Å². The van der Waals surface area contributed by atoms with E-state index in [1.807, 2.05) is 6.92 Å². The molecule has 224 valence electrons. The third kappa shape index (κ3) is 3.82. The van der Waals surface area contributed by atoms with Gasteiger partial charge in [-0.2, -0.15) is 0 Å². The van der Waals surface area contributed by atoms with Gasteiger partial charge in [0.2, 0.25) is 11.7 Å². The lowest BCUT2D eigenvalue weighted by molar-refractivity contribution is -0.182. The highest BCUT2D eigenvalue weighted by Crippen LogP contribution is 2.76. The average Bonchev–Trinajstić information content (AvgIpc) is 2.92. The minimum atomic E-state index is -0.326. The van der Waals surface area contributed by atoms with Gasteiger partial charge in [-0.05, 0) is 112 Å². The lowest BCUT2D eigenvalue weighted by Gasteiger charge is -2.71. The van der Waals surface area contributed by atoms with Gasteiger partial charge in [0, 0.05) is 41.6 Å². The minimum absolute atomic E-state index is 0.0126. The van der Waals surface area contributed by atoms with Crippen molar-refractivity contribution in [1.29, 1.82) is 0 Å². The number of allylic oxidation sites excluding steroid dienone is 7. The largest absolute Gasteiger partial charge is 0.504 e. The zero-order valence-corrected chi connectivity index (χ0v) is 26.7. The van der Waals surface area contributed by atoms with Gasteiger partial charge in [0.1, 0.15) is 0 Å². The number of carbonyl (C=O) groups excluding carboxylic acids is 2. The second kappa shape index (κ2) is 9.18. The molecule has 1 amide bonds. The Morgan fingerprint density at radius 1 is 1.00 bits per heavy atom. The molecule has 1 heterocycles. The van der Waals surface area contributed by atoms with Gasteiger partial charge in [-0.25, -0.2) is 0 Å². The van der Waals surface area contributed by atoms with E-state index in [0.29, 0.717) is 29.5 Å². The molecule has 1 saturated heterocycles. The van der Waals surface area contributed by atoms with Crippen LogP contribution < -0.4 is 5.32 Å². The topological polar surface area (TPSA) is 69.6 Å². The number of hydrogen-bond donors (Lipinski definition) is 2. The summed E-state index contributed by atoms with van der Waals surface area (Å²) >= 11 is 0. The molecule has 5 aliphatic carbocycles. The highest BCUT2D eigenvalue weighted by molar-refractivity contribution is 6.06. The highest BCUT2D eigenvalue weighted by atomic mass is 16.3. The maximum Gasteiger partial charge on any atom is 0.228 e. The molecule has 0 aromatic heterocycles. The monoisotopic (exact) mass is 560 g/mol. The Labute approximate surface area is 247 Å². The van der Waals surface area contributed by atoms with Crippen LogP contribution in [0.3, 0.4) is 0 Å². The fourth-order valence-corrected chi connectivity index (χ4v) is 11.1. The average molecular weight is 561 g/mol. The number of fused-ring (bicyclic) bond motifs is 7. The molecule has 2 unspecified atom stereocenters. The second-order valence-corrected chi connectivity index (χ2v) is 15.9. The summed E-state index contributed by atoms with van der Waals surface area (Å²) in [4.78, 5) is 29.3. The number of amides is 1. The fraction of sp³-hybridized carbons (Fsp3) is 0.722. The quantitative estimate of drug-likeness (QED) is 0.374. The van der Waals surface area contributed by atoms with E-state index in [-0.39, 0.29) is 38.6 Å². The van der Waals surface area contributed by atoms with Crippen molar-refractivity contribution >= 4 is 11.7 Å². The third-order valence-electron chi connectivity index (χ3n) is 13.5. The predicted molar refractivity (Wildman–Crippen MR) is 164 cm³/mol. The van der Waals surface area contributed by atoms with Crippen LogP contribution in [0, 0.1) is 33.0 Å². The number of nitrogens with one attached hydrogen (secondary N) is 1. The van der Waals surface area contributed by atoms with Crippen LogP contribution in [0.1, 0.15) is 107 Å². The van der Waals surface area contributed by atoms with E-state index in [4.69, 9.17) is 0 Å². The summed E-state index contributed by atoms with van der Waals surface area (Å²) in [5.41, 5.74) is 4.09. The summed E-state index contributed by atoms with van der Waals surface area (Å²) in [5.74, 6) is 0.473. The van der Waals surface area contributed by atoms with Gasteiger partial charge in [0.25, 0.3) is 0 Å². The van der Waals surface area contributed by atoms with E-state index in [0.717, 1.165) is 69.2 Å². The first-order chi connectivity index (χ1) is 19.1. The number of rotatable bonds is 2. The molecule has 0 aromatic rings. The van der Waals surface area contributed by atoms with Gasteiger partial charge in [0.15, 0.2) is 5.76 Å². The van der Waals surface area contributed by atoms with Gasteiger partial charge in [-0.3, -0.25) is 9.59 Å². The number of aliphatic hydroxyl groups is 1. The summed E-state index contributed by atoms with van der Waals surface area (Å²) in [5, 5.41) is 14.0. The van der Waals surface area contributed by atoms with Gasteiger partial charge >= 0.3 is 0 Å². The smallest absolute Gasteiger partial charge is 0.228 e. The lowest BCUT2D eigenvalue weighted by atomic mass is 9.33. The number of aliphatic hydroxyl groups excluding tert-OH is 1. The van der Waals surface area contributed by atoms with Gasteiger partial charge < -0.3 is 15.3 Å². The lowest BCUT2D eigenvalue weighted by Crippen LogP contribution is -2.64. The van der Waals surface area contributed by atoms with E-state index in [2.05, 4.69) is 70.8 Å². The summed E-state index contributed by atoms with van der Waals surface area (Å²) in [6.45, 7) is 20.0.